The molecule has 0 aliphatic carbocycles. The third-order valence-corrected chi connectivity index (χ3v) is 2.78. The SMILES string of the molecule is CCC[C@@H](Nc1cc(C)c(F)c(C)c1)C(=O)NO. The van der Waals surface area contributed by atoms with Gasteiger partial charge in [0.05, 0.1) is 0 Å². The molecule has 100 valence electrons. The van der Waals surface area contributed by atoms with E-state index in [0.29, 0.717) is 23.2 Å². The molecule has 0 unspecified atom stereocenters. The summed E-state index contributed by atoms with van der Waals surface area (Å²) in [5.41, 5.74) is 3.36. The summed E-state index contributed by atoms with van der Waals surface area (Å²) in [4.78, 5) is 11.4. The zero-order valence-corrected chi connectivity index (χ0v) is 10.9. The van der Waals surface area contributed by atoms with Crippen molar-refractivity contribution < 1.29 is 14.4 Å². The van der Waals surface area contributed by atoms with Gasteiger partial charge in [-0.3, -0.25) is 10.0 Å². The van der Waals surface area contributed by atoms with Crippen molar-refractivity contribution in [2.24, 2.45) is 0 Å². The molecule has 0 spiro atoms. The van der Waals surface area contributed by atoms with Crippen molar-refractivity contribution in [3.05, 3.63) is 29.1 Å². The van der Waals surface area contributed by atoms with E-state index < -0.39 is 11.9 Å². The van der Waals surface area contributed by atoms with Crippen LogP contribution in [0.3, 0.4) is 0 Å². The molecular weight excluding hydrogens is 235 g/mol. The van der Waals surface area contributed by atoms with Crippen LogP contribution in [0.5, 0.6) is 0 Å². The lowest BCUT2D eigenvalue weighted by Crippen LogP contribution is -2.38. The number of anilines is 1. The molecule has 0 aromatic heterocycles. The van der Waals surface area contributed by atoms with Gasteiger partial charge in [0.1, 0.15) is 11.9 Å². The number of rotatable bonds is 5. The van der Waals surface area contributed by atoms with Crippen LogP contribution in [0.2, 0.25) is 0 Å². The second kappa shape index (κ2) is 6.35. The summed E-state index contributed by atoms with van der Waals surface area (Å²) in [7, 11) is 0. The molecule has 0 heterocycles. The van der Waals surface area contributed by atoms with Gasteiger partial charge in [-0.25, -0.2) is 9.87 Å². The van der Waals surface area contributed by atoms with E-state index in [1.807, 2.05) is 6.92 Å². The standard InChI is InChI=1S/C13H19FN2O2/c1-4-5-11(13(17)16-18)15-10-6-8(2)12(14)9(3)7-10/h6-7,11,15,18H,4-5H2,1-3H3,(H,16,17)/t11-/m1/s1. The minimum Gasteiger partial charge on any atom is -0.374 e. The topological polar surface area (TPSA) is 61.4 Å². The van der Waals surface area contributed by atoms with Crippen molar-refractivity contribution in [1.82, 2.24) is 5.48 Å². The van der Waals surface area contributed by atoms with Crippen LogP contribution in [-0.4, -0.2) is 17.2 Å². The fourth-order valence-electron chi connectivity index (χ4n) is 1.87. The Labute approximate surface area is 106 Å². The van der Waals surface area contributed by atoms with Crippen LogP contribution >= 0.6 is 0 Å². The molecule has 0 radical (unpaired) electrons. The van der Waals surface area contributed by atoms with Crippen LogP contribution in [0.4, 0.5) is 10.1 Å². The summed E-state index contributed by atoms with van der Waals surface area (Å²) < 4.78 is 13.5. The summed E-state index contributed by atoms with van der Waals surface area (Å²) in [6, 6.07) is 2.77. The molecule has 0 saturated carbocycles. The van der Waals surface area contributed by atoms with Gasteiger partial charge in [0.25, 0.3) is 5.91 Å². The van der Waals surface area contributed by atoms with Gasteiger partial charge in [-0.05, 0) is 43.5 Å². The maximum atomic E-state index is 13.5. The first-order valence-electron chi connectivity index (χ1n) is 5.96. The average Bonchev–Trinajstić information content (AvgIpc) is 2.34. The largest absolute Gasteiger partial charge is 0.374 e. The number of halogens is 1. The monoisotopic (exact) mass is 254 g/mol. The molecule has 3 N–H and O–H groups in total. The normalized spacial score (nSPS) is 12.1. The Balaban J connectivity index is 2.90. The number of hydrogen-bond donors (Lipinski definition) is 3. The highest BCUT2D eigenvalue weighted by molar-refractivity contribution is 5.83. The molecule has 1 aromatic carbocycles. The molecule has 1 atom stereocenters. The zero-order valence-electron chi connectivity index (χ0n) is 10.9. The maximum absolute atomic E-state index is 13.5. The molecule has 0 bridgehead atoms. The predicted octanol–water partition coefficient (Wildman–Crippen LogP) is 2.53. The summed E-state index contributed by atoms with van der Waals surface area (Å²) in [5, 5.41) is 11.7. The summed E-state index contributed by atoms with van der Waals surface area (Å²) >= 11 is 0. The minimum absolute atomic E-state index is 0.237. The van der Waals surface area contributed by atoms with Gasteiger partial charge >= 0.3 is 0 Å². The van der Waals surface area contributed by atoms with E-state index in [4.69, 9.17) is 5.21 Å². The Hall–Kier alpha value is -1.62. The Morgan fingerprint density at radius 2 is 1.94 bits per heavy atom. The van der Waals surface area contributed by atoms with Crippen molar-refractivity contribution in [2.45, 2.75) is 39.7 Å². The number of carbonyl (C=O) groups excluding carboxylic acids is 1. The third-order valence-electron chi connectivity index (χ3n) is 2.78. The van der Waals surface area contributed by atoms with E-state index in [0.717, 1.165) is 6.42 Å². The number of aryl methyl sites for hydroxylation is 2. The molecule has 0 saturated heterocycles. The van der Waals surface area contributed by atoms with E-state index in [2.05, 4.69) is 5.32 Å². The second-order valence-electron chi connectivity index (χ2n) is 4.39. The number of carbonyl (C=O) groups is 1. The van der Waals surface area contributed by atoms with Crippen molar-refractivity contribution in [3.8, 4) is 0 Å². The molecule has 1 rings (SSSR count). The van der Waals surface area contributed by atoms with E-state index in [-0.39, 0.29) is 5.82 Å². The van der Waals surface area contributed by atoms with Crippen molar-refractivity contribution in [1.29, 1.82) is 0 Å². The van der Waals surface area contributed by atoms with Crippen LogP contribution in [0.1, 0.15) is 30.9 Å². The highest BCUT2D eigenvalue weighted by atomic mass is 19.1. The molecule has 0 fully saturated rings. The maximum Gasteiger partial charge on any atom is 0.265 e. The molecule has 5 heteroatoms. The third kappa shape index (κ3) is 3.43. The van der Waals surface area contributed by atoms with Crippen LogP contribution < -0.4 is 10.8 Å². The Morgan fingerprint density at radius 3 is 2.39 bits per heavy atom. The first-order valence-corrected chi connectivity index (χ1v) is 5.96. The quantitative estimate of drug-likeness (QED) is 0.559. The smallest absolute Gasteiger partial charge is 0.265 e. The van der Waals surface area contributed by atoms with E-state index in [1.54, 1.807) is 31.5 Å². The highest BCUT2D eigenvalue weighted by Gasteiger charge is 2.17. The number of hydroxylamine groups is 1. The van der Waals surface area contributed by atoms with Gasteiger partial charge in [-0.15, -0.1) is 0 Å². The zero-order chi connectivity index (χ0) is 13.7. The lowest BCUT2D eigenvalue weighted by Gasteiger charge is -2.18. The highest BCUT2D eigenvalue weighted by Crippen LogP contribution is 2.19. The van der Waals surface area contributed by atoms with E-state index in [1.165, 1.54) is 0 Å². The van der Waals surface area contributed by atoms with Gasteiger partial charge in [0.2, 0.25) is 0 Å². The lowest BCUT2D eigenvalue weighted by molar-refractivity contribution is -0.130. The van der Waals surface area contributed by atoms with Gasteiger partial charge in [0, 0.05) is 5.69 Å². The average molecular weight is 254 g/mol. The van der Waals surface area contributed by atoms with Crippen molar-refractivity contribution in [2.75, 3.05) is 5.32 Å². The summed E-state index contributed by atoms with van der Waals surface area (Å²) in [6.07, 6.45) is 1.38. The first-order chi connectivity index (χ1) is 8.49. The molecular formula is C13H19FN2O2. The van der Waals surface area contributed by atoms with Crippen LogP contribution in [-0.2, 0) is 4.79 Å². The van der Waals surface area contributed by atoms with Gasteiger partial charge < -0.3 is 5.32 Å². The summed E-state index contributed by atoms with van der Waals surface area (Å²) in [5.74, 6) is -0.726. The number of amides is 1. The van der Waals surface area contributed by atoms with Crippen molar-refractivity contribution in [3.63, 3.8) is 0 Å². The Bertz CT molecular complexity index is 412. The number of hydrogen-bond acceptors (Lipinski definition) is 3. The fourth-order valence-corrected chi connectivity index (χ4v) is 1.87. The molecule has 1 amide bonds. The Kier molecular flexibility index (Phi) is 5.09. The van der Waals surface area contributed by atoms with Crippen LogP contribution in [0.15, 0.2) is 12.1 Å². The van der Waals surface area contributed by atoms with Gasteiger partial charge in [-0.1, -0.05) is 13.3 Å². The molecule has 0 aliphatic heterocycles. The van der Waals surface area contributed by atoms with E-state index in [9.17, 15) is 9.18 Å². The second-order valence-corrected chi connectivity index (χ2v) is 4.39. The molecule has 18 heavy (non-hydrogen) atoms. The van der Waals surface area contributed by atoms with Gasteiger partial charge in [-0.2, -0.15) is 0 Å². The molecule has 1 aromatic rings. The Morgan fingerprint density at radius 1 is 1.39 bits per heavy atom. The first kappa shape index (κ1) is 14.4. The number of nitrogens with one attached hydrogen (secondary N) is 2. The van der Waals surface area contributed by atoms with E-state index >= 15 is 0 Å². The molecule has 0 aliphatic rings. The minimum atomic E-state index is -0.524. The predicted molar refractivity (Wildman–Crippen MR) is 68.1 cm³/mol. The molecule has 4 nitrogen and oxygen atoms in total. The van der Waals surface area contributed by atoms with Crippen molar-refractivity contribution >= 4 is 11.6 Å². The van der Waals surface area contributed by atoms with Crippen LogP contribution in [0.25, 0.3) is 0 Å². The lowest BCUT2D eigenvalue weighted by atomic mass is 10.1. The fraction of sp³-hybridized carbons (Fsp3) is 0.462. The number of benzene rings is 1. The van der Waals surface area contributed by atoms with Crippen LogP contribution in [0, 0.1) is 19.7 Å². The summed E-state index contributed by atoms with van der Waals surface area (Å²) in [6.45, 7) is 5.30. The van der Waals surface area contributed by atoms with Gasteiger partial charge in [0.15, 0.2) is 0 Å².